The number of nitrogens with one attached hydrogen (secondary N) is 1. The molecule has 1 atom stereocenters. The van der Waals surface area contributed by atoms with Crippen molar-refractivity contribution in [1.82, 2.24) is 10.2 Å². The van der Waals surface area contributed by atoms with E-state index in [1.807, 2.05) is 6.92 Å². The highest BCUT2D eigenvalue weighted by atomic mass is 32.2. The summed E-state index contributed by atoms with van der Waals surface area (Å²) in [6.45, 7) is 3.63. The van der Waals surface area contributed by atoms with E-state index in [0.717, 1.165) is 12.8 Å². The highest BCUT2D eigenvalue weighted by Gasteiger charge is 2.46. The van der Waals surface area contributed by atoms with E-state index in [-0.39, 0.29) is 11.8 Å². The molecule has 1 aliphatic heterocycles. The molecule has 1 heterocycles. The zero-order chi connectivity index (χ0) is 18.3. The summed E-state index contributed by atoms with van der Waals surface area (Å²) < 4.78 is 5.00. The van der Waals surface area contributed by atoms with E-state index >= 15 is 0 Å². The number of thioether (sulfide) groups is 1. The van der Waals surface area contributed by atoms with Crippen molar-refractivity contribution in [1.29, 1.82) is 0 Å². The van der Waals surface area contributed by atoms with E-state index in [2.05, 4.69) is 35.8 Å². The minimum Gasteiger partial charge on any atom is -0.385 e. The van der Waals surface area contributed by atoms with Gasteiger partial charge in [-0.2, -0.15) is 0 Å². The second kappa shape index (κ2) is 9.25. The number of hydrogen-bond donors (Lipinski definition) is 1. The molecule has 138 valence electrons. The highest BCUT2D eigenvalue weighted by molar-refractivity contribution is 7.98. The molecule has 5 nitrogen and oxygen atoms in total. The number of rotatable bonds is 9. The van der Waals surface area contributed by atoms with Crippen LogP contribution in [0.4, 0.5) is 0 Å². The van der Waals surface area contributed by atoms with E-state index in [9.17, 15) is 9.59 Å². The molecule has 25 heavy (non-hydrogen) atoms. The van der Waals surface area contributed by atoms with Crippen LogP contribution in [0.1, 0.15) is 31.7 Å². The number of benzene rings is 1. The molecule has 2 amide bonds. The van der Waals surface area contributed by atoms with Gasteiger partial charge in [-0.1, -0.05) is 12.1 Å². The average molecular weight is 365 g/mol. The van der Waals surface area contributed by atoms with Crippen LogP contribution in [0.5, 0.6) is 0 Å². The lowest BCUT2D eigenvalue weighted by Gasteiger charge is -2.34. The van der Waals surface area contributed by atoms with Gasteiger partial charge in [0.2, 0.25) is 11.8 Å². The molecule has 1 aromatic carbocycles. The fraction of sp³-hybridized carbons (Fsp3) is 0.579. The molecule has 0 saturated carbocycles. The second-order valence-electron chi connectivity index (χ2n) is 6.52. The molecule has 2 rings (SSSR count). The van der Waals surface area contributed by atoms with Crippen molar-refractivity contribution in [2.75, 3.05) is 33.1 Å². The lowest BCUT2D eigenvalue weighted by atomic mass is 9.97. The van der Waals surface area contributed by atoms with Crippen LogP contribution in [-0.4, -0.2) is 55.3 Å². The van der Waals surface area contributed by atoms with Gasteiger partial charge in [-0.15, -0.1) is 11.8 Å². The van der Waals surface area contributed by atoms with Crippen molar-refractivity contribution in [3.05, 3.63) is 29.8 Å². The van der Waals surface area contributed by atoms with Crippen LogP contribution in [-0.2, 0) is 20.7 Å². The SMILES string of the molecule is COCCCNC(=O)C1(C)CCC(=O)N1CCc1ccc(SC)cc1. The number of methoxy groups -OCH3 is 1. The smallest absolute Gasteiger partial charge is 0.245 e. The van der Waals surface area contributed by atoms with Crippen LogP contribution in [0.2, 0.25) is 0 Å². The molecule has 1 aromatic rings. The molecule has 1 unspecified atom stereocenters. The number of ether oxygens (including phenoxy) is 1. The number of amides is 2. The van der Waals surface area contributed by atoms with Gasteiger partial charge in [-0.25, -0.2) is 0 Å². The molecule has 0 aromatic heterocycles. The highest BCUT2D eigenvalue weighted by Crippen LogP contribution is 2.30. The third-order valence-corrected chi connectivity index (χ3v) is 5.55. The predicted molar refractivity (Wildman–Crippen MR) is 101 cm³/mol. The molecule has 1 N–H and O–H groups in total. The Morgan fingerprint density at radius 3 is 2.72 bits per heavy atom. The van der Waals surface area contributed by atoms with Gasteiger partial charge in [-0.05, 0) is 50.1 Å². The summed E-state index contributed by atoms with van der Waals surface area (Å²) in [5.74, 6) is 0.00228. The standard InChI is InChI=1S/C19H28N2O3S/c1-19(18(23)20-12-4-14-24-2)11-9-17(22)21(19)13-10-15-5-7-16(25-3)8-6-15/h5-8H,4,9-14H2,1-3H3,(H,20,23). The van der Waals surface area contributed by atoms with Crippen LogP contribution in [0.25, 0.3) is 0 Å². The van der Waals surface area contributed by atoms with E-state index in [1.165, 1.54) is 10.5 Å². The Labute approximate surface area is 154 Å². The third kappa shape index (κ3) is 4.98. The first kappa shape index (κ1) is 19.8. The van der Waals surface area contributed by atoms with Gasteiger partial charge >= 0.3 is 0 Å². The summed E-state index contributed by atoms with van der Waals surface area (Å²) in [5.41, 5.74) is 0.434. The van der Waals surface area contributed by atoms with Crippen LogP contribution in [0.3, 0.4) is 0 Å². The topological polar surface area (TPSA) is 58.6 Å². The van der Waals surface area contributed by atoms with Gasteiger partial charge in [0, 0.05) is 38.1 Å². The Balaban J connectivity index is 1.95. The summed E-state index contributed by atoms with van der Waals surface area (Å²) in [6, 6.07) is 8.37. The molecule has 0 spiro atoms. The fourth-order valence-corrected chi connectivity index (χ4v) is 3.55. The average Bonchev–Trinajstić information content (AvgIpc) is 2.93. The maximum absolute atomic E-state index is 12.6. The van der Waals surface area contributed by atoms with Gasteiger partial charge in [0.15, 0.2) is 0 Å². The van der Waals surface area contributed by atoms with Crippen molar-refractivity contribution in [3.8, 4) is 0 Å². The maximum atomic E-state index is 12.6. The van der Waals surface area contributed by atoms with Crippen molar-refractivity contribution in [2.45, 2.75) is 43.0 Å². The second-order valence-corrected chi connectivity index (χ2v) is 7.40. The van der Waals surface area contributed by atoms with Crippen LogP contribution in [0, 0.1) is 0 Å². The van der Waals surface area contributed by atoms with Crippen molar-refractivity contribution >= 4 is 23.6 Å². The summed E-state index contributed by atoms with van der Waals surface area (Å²) in [7, 11) is 1.65. The molecule has 6 heteroatoms. The van der Waals surface area contributed by atoms with E-state index in [0.29, 0.717) is 32.5 Å². The van der Waals surface area contributed by atoms with Crippen LogP contribution in [0.15, 0.2) is 29.2 Å². The van der Waals surface area contributed by atoms with Gasteiger partial charge in [-0.3, -0.25) is 9.59 Å². The lowest BCUT2D eigenvalue weighted by molar-refractivity contribution is -0.140. The fourth-order valence-electron chi connectivity index (χ4n) is 3.14. The minimum absolute atomic E-state index is 0.0628. The molecule has 1 aliphatic rings. The van der Waals surface area contributed by atoms with Crippen molar-refractivity contribution < 1.29 is 14.3 Å². The lowest BCUT2D eigenvalue weighted by Crippen LogP contribution is -2.55. The summed E-state index contributed by atoms with van der Waals surface area (Å²) in [6.07, 6.45) is 4.59. The van der Waals surface area contributed by atoms with E-state index < -0.39 is 5.54 Å². The zero-order valence-corrected chi connectivity index (χ0v) is 16.2. The Morgan fingerprint density at radius 1 is 1.36 bits per heavy atom. The normalized spacial score (nSPS) is 20.1. The first-order valence-electron chi connectivity index (χ1n) is 8.72. The number of hydrogen-bond acceptors (Lipinski definition) is 4. The number of nitrogens with zero attached hydrogens (tertiary/aromatic N) is 1. The molecule has 1 fully saturated rings. The molecule has 0 radical (unpaired) electrons. The molecule has 0 aliphatic carbocycles. The van der Waals surface area contributed by atoms with Crippen molar-refractivity contribution in [3.63, 3.8) is 0 Å². The third-order valence-electron chi connectivity index (χ3n) is 4.81. The number of carbonyl (C=O) groups excluding carboxylic acids is 2. The van der Waals surface area contributed by atoms with E-state index in [4.69, 9.17) is 4.74 Å². The molecule has 0 bridgehead atoms. The first-order chi connectivity index (χ1) is 12.0. The Bertz CT molecular complexity index is 591. The molecule has 1 saturated heterocycles. The Kier molecular flexibility index (Phi) is 7.32. The summed E-state index contributed by atoms with van der Waals surface area (Å²) in [5, 5.41) is 2.95. The van der Waals surface area contributed by atoms with Gasteiger partial charge in [0.25, 0.3) is 0 Å². The zero-order valence-electron chi connectivity index (χ0n) is 15.3. The largest absolute Gasteiger partial charge is 0.385 e. The van der Waals surface area contributed by atoms with Crippen molar-refractivity contribution in [2.24, 2.45) is 0 Å². The Morgan fingerprint density at radius 2 is 2.08 bits per heavy atom. The Hall–Kier alpha value is -1.53. The van der Waals surface area contributed by atoms with Gasteiger partial charge in [0.05, 0.1) is 0 Å². The van der Waals surface area contributed by atoms with Crippen LogP contribution < -0.4 is 5.32 Å². The van der Waals surface area contributed by atoms with Crippen LogP contribution >= 0.6 is 11.8 Å². The van der Waals surface area contributed by atoms with Gasteiger partial charge in [0.1, 0.15) is 5.54 Å². The molecular weight excluding hydrogens is 336 g/mol. The number of likely N-dealkylation sites (tertiary alicyclic amines) is 1. The predicted octanol–water partition coefficient (Wildman–Crippen LogP) is 2.48. The van der Waals surface area contributed by atoms with Gasteiger partial charge < -0.3 is 15.0 Å². The monoisotopic (exact) mass is 364 g/mol. The van der Waals surface area contributed by atoms with E-state index in [1.54, 1.807) is 23.8 Å². The first-order valence-corrected chi connectivity index (χ1v) is 9.94. The number of carbonyl (C=O) groups is 2. The molecular formula is C19H28N2O3S. The summed E-state index contributed by atoms with van der Waals surface area (Å²) >= 11 is 1.71. The minimum atomic E-state index is -0.747. The maximum Gasteiger partial charge on any atom is 0.245 e. The quantitative estimate of drug-likeness (QED) is 0.540. The summed E-state index contributed by atoms with van der Waals surface area (Å²) in [4.78, 5) is 27.9.